The third kappa shape index (κ3) is 5.77. The lowest BCUT2D eigenvalue weighted by Crippen LogP contribution is -2.33. The van der Waals surface area contributed by atoms with Crippen LogP contribution in [0.4, 0.5) is 5.69 Å². The van der Waals surface area contributed by atoms with Crippen LogP contribution in [-0.2, 0) is 11.3 Å². The maximum atomic E-state index is 12.3. The molecule has 7 nitrogen and oxygen atoms in total. The second-order valence-electron chi connectivity index (χ2n) is 7.71. The van der Waals surface area contributed by atoms with Gasteiger partial charge in [0.25, 0.3) is 5.91 Å². The molecule has 0 spiro atoms. The highest BCUT2D eigenvalue weighted by Gasteiger charge is 2.15. The number of thioether (sulfide) groups is 1. The smallest absolute Gasteiger partial charge is 0.273 e. The van der Waals surface area contributed by atoms with Crippen molar-refractivity contribution in [3.8, 4) is 11.3 Å². The summed E-state index contributed by atoms with van der Waals surface area (Å²) in [4.78, 5) is 27.1. The number of hydrogen-bond donors (Lipinski definition) is 2. The summed E-state index contributed by atoms with van der Waals surface area (Å²) in [5.74, 6) is 2.10. The van der Waals surface area contributed by atoms with Crippen molar-refractivity contribution < 1.29 is 14.1 Å². The molecular weight excluding hydrogens is 424 g/mol. The molecule has 1 aliphatic rings. The lowest BCUT2D eigenvalue weighted by molar-refractivity contribution is -0.115. The molecule has 2 amide bonds. The Morgan fingerprint density at radius 1 is 1.09 bits per heavy atom. The van der Waals surface area contributed by atoms with Gasteiger partial charge in [-0.3, -0.25) is 14.5 Å². The third-order valence-electron chi connectivity index (χ3n) is 5.29. The van der Waals surface area contributed by atoms with E-state index in [1.807, 2.05) is 61.2 Å². The first-order valence-electron chi connectivity index (χ1n) is 10.6. The summed E-state index contributed by atoms with van der Waals surface area (Å²) in [7, 11) is 0. The maximum Gasteiger partial charge on any atom is 0.273 e. The molecule has 32 heavy (non-hydrogen) atoms. The molecule has 166 valence electrons. The standard InChI is InChI=1S/C24H26N4O3S/c1-17-13-18(16-28-9-11-32-12-10-28)7-8-20(17)26-23(29)15-25-24(30)21-14-22(31-27-21)19-5-3-2-4-6-19/h2-8,13-14H,9-12,15-16H2,1H3,(H,25,30)(H,26,29). The van der Waals surface area contributed by atoms with Gasteiger partial charge in [-0.15, -0.1) is 0 Å². The van der Waals surface area contributed by atoms with E-state index in [0.717, 1.165) is 36.4 Å². The number of carbonyl (C=O) groups is 2. The van der Waals surface area contributed by atoms with Gasteiger partial charge in [-0.1, -0.05) is 47.6 Å². The minimum atomic E-state index is -0.460. The highest BCUT2D eigenvalue weighted by molar-refractivity contribution is 7.99. The number of aromatic nitrogens is 1. The summed E-state index contributed by atoms with van der Waals surface area (Å²) in [5, 5.41) is 9.25. The van der Waals surface area contributed by atoms with Crippen LogP contribution in [0.5, 0.6) is 0 Å². The fourth-order valence-corrected chi connectivity index (χ4v) is 4.53. The molecule has 0 unspecified atom stereocenters. The number of benzene rings is 2. The molecule has 1 fully saturated rings. The average Bonchev–Trinajstić information content (AvgIpc) is 3.31. The summed E-state index contributed by atoms with van der Waals surface area (Å²) in [6.07, 6.45) is 0. The van der Waals surface area contributed by atoms with Crippen LogP contribution >= 0.6 is 11.8 Å². The number of anilines is 1. The van der Waals surface area contributed by atoms with E-state index in [4.69, 9.17) is 4.52 Å². The van der Waals surface area contributed by atoms with Crippen LogP contribution in [0.25, 0.3) is 11.3 Å². The second kappa shape index (κ2) is 10.5. The minimum absolute atomic E-state index is 0.133. The SMILES string of the molecule is Cc1cc(CN2CCSCC2)ccc1NC(=O)CNC(=O)c1cc(-c2ccccc2)on1. The Morgan fingerprint density at radius 2 is 1.88 bits per heavy atom. The lowest BCUT2D eigenvalue weighted by Gasteiger charge is -2.26. The van der Waals surface area contributed by atoms with E-state index in [1.54, 1.807) is 6.07 Å². The van der Waals surface area contributed by atoms with Gasteiger partial charge in [-0.05, 0) is 24.1 Å². The van der Waals surface area contributed by atoms with Crippen molar-refractivity contribution >= 4 is 29.3 Å². The molecule has 2 aromatic carbocycles. The molecule has 0 bridgehead atoms. The summed E-state index contributed by atoms with van der Waals surface area (Å²) in [5.41, 5.74) is 3.94. The Balaban J connectivity index is 1.28. The largest absolute Gasteiger partial charge is 0.355 e. The quantitative estimate of drug-likeness (QED) is 0.572. The predicted octanol–water partition coefficient (Wildman–Crippen LogP) is 3.57. The second-order valence-corrected chi connectivity index (χ2v) is 8.94. The fourth-order valence-electron chi connectivity index (χ4n) is 3.55. The van der Waals surface area contributed by atoms with Gasteiger partial charge in [0, 0.05) is 48.5 Å². The summed E-state index contributed by atoms with van der Waals surface area (Å²) < 4.78 is 5.24. The zero-order valence-corrected chi connectivity index (χ0v) is 18.8. The van der Waals surface area contributed by atoms with Crippen LogP contribution in [0.2, 0.25) is 0 Å². The Labute approximate surface area is 191 Å². The van der Waals surface area contributed by atoms with E-state index in [-0.39, 0.29) is 18.1 Å². The van der Waals surface area contributed by atoms with Crippen LogP contribution in [0, 0.1) is 6.92 Å². The molecule has 1 saturated heterocycles. The van der Waals surface area contributed by atoms with E-state index < -0.39 is 5.91 Å². The van der Waals surface area contributed by atoms with Crippen LogP contribution in [-0.4, -0.2) is 53.0 Å². The molecule has 1 aliphatic heterocycles. The molecule has 4 rings (SSSR count). The van der Waals surface area contributed by atoms with Gasteiger partial charge in [0.2, 0.25) is 5.91 Å². The van der Waals surface area contributed by atoms with Crippen molar-refractivity contribution in [2.75, 3.05) is 36.5 Å². The van der Waals surface area contributed by atoms with E-state index in [0.29, 0.717) is 5.76 Å². The van der Waals surface area contributed by atoms with Crippen molar-refractivity contribution in [3.05, 3.63) is 71.4 Å². The number of amides is 2. The molecule has 2 heterocycles. The van der Waals surface area contributed by atoms with Crippen LogP contribution in [0.15, 0.2) is 59.1 Å². The van der Waals surface area contributed by atoms with Gasteiger partial charge in [-0.25, -0.2) is 0 Å². The van der Waals surface area contributed by atoms with E-state index >= 15 is 0 Å². The van der Waals surface area contributed by atoms with E-state index in [1.165, 1.54) is 17.1 Å². The molecule has 8 heteroatoms. The first-order valence-corrected chi connectivity index (χ1v) is 11.7. The Hall–Kier alpha value is -3.10. The molecule has 0 atom stereocenters. The number of nitrogens with zero attached hydrogens (tertiary/aromatic N) is 2. The fraction of sp³-hybridized carbons (Fsp3) is 0.292. The molecule has 2 N–H and O–H groups in total. The summed E-state index contributed by atoms with van der Waals surface area (Å²) in [6.45, 7) is 4.97. The molecule has 0 aliphatic carbocycles. The molecule has 0 saturated carbocycles. The molecule has 3 aromatic rings. The van der Waals surface area contributed by atoms with Gasteiger partial charge >= 0.3 is 0 Å². The number of aryl methyl sites for hydroxylation is 1. The van der Waals surface area contributed by atoms with Crippen molar-refractivity contribution in [2.24, 2.45) is 0 Å². The highest BCUT2D eigenvalue weighted by atomic mass is 32.2. The first-order chi connectivity index (χ1) is 15.6. The van der Waals surface area contributed by atoms with Crippen LogP contribution in [0.3, 0.4) is 0 Å². The zero-order chi connectivity index (χ0) is 22.3. The van der Waals surface area contributed by atoms with Gasteiger partial charge in [-0.2, -0.15) is 11.8 Å². The van der Waals surface area contributed by atoms with Gasteiger partial charge < -0.3 is 15.2 Å². The Kier molecular flexibility index (Phi) is 7.24. The number of nitrogens with one attached hydrogen (secondary N) is 2. The molecule has 1 aromatic heterocycles. The molecular formula is C24H26N4O3S. The van der Waals surface area contributed by atoms with Crippen LogP contribution in [0.1, 0.15) is 21.6 Å². The Bertz CT molecular complexity index is 1080. The van der Waals surface area contributed by atoms with Crippen molar-refractivity contribution in [2.45, 2.75) is 13.5 Å². The van der Waals surface area contributed by atoms with Crippen LogP contribution < -0.4 is 10.6 Å². The number of rotatable bonds is 7. The van der Waals surface area contributed by atoms with E-state index in [9.17, 15) is 9.59 Å². The lowest BCUT2D eigenvalue weighted by atomic mass is 10.1. The van der Waals surface area contributed by atoms with Gasteiger partial charge in [0.15, 0.2) is 11.5 Å². The van der Waals surface area contributed by atoms with Crippen molar-refractivity contribution in [1.29, 1.82) is 0 Å². The Morgan fingerprint density at radius 3 is 2.62 bits per heavy atom. The topological polar surface area (TPSA) is 87.5 Å². The van der Waals surface area contributed by atoms with Crippen molar-refractivity contribution in [3.63, 3.8) is 0 Å². The third-order valence-corrected chi connectivity index (χ3v) is 6.23. The zero-order valence-electron chi connectivity index (χ0n) is 18.0. The van der Waals surface area contributed by atoms with E-state index in [2.05, 4.69) is 26.8 Å². The highest BCUT2D eigenvalue weighted by Crippen LogP contribution is 2.20. The predicted molar refractivity (Wildman–Crippen MR) is 127 cm³/mol. The number of carbonyl (C=O) groups excluding carboxylic acids is 2. The summed E-state index contributed by atoms with van der Waals surface area (Å²) in [6, 6.07) is 17.0. The summed E-state index contributed by atoms with van der Waals surface area (Å²) >= 11 is 2.00. The van der Waals surface area contributed by atoms with Crippen molar-refractivity contribution in [1.82, 2.24) is 15.4 Å². The normalized spacial score (nSPS) is 14.2. The maximum absolute atomic E-state index is 12.3. The van der Waals surface area contributed by atoms with Gasteiger partial charge in [0.05, 0.1) is 6.54 Å². The average molecular weight is 451 g/mol. The monoisotopic (exact) mass is 450 g/mol. The van der Waals surface area contributed by atoms with Gasteiger partial charge in [0.1, 0.15) is 0 Å². The first kappa shape index (κ1) is 22.1. The number of hydrogen-bond acceptors (Lipinski definition) is 6. The molecule has 0 radical (unpaired) electrons. The minimum Gasteiger partial charge on any atom is -0.355 e.